The van der Waals surface area contributed by atoms with E-state index in [-0.39, 0.29) is 23.9 Å². The maximum atomic E-state index is 14.5. The second kappa shape index (κ2) is 9.03. The summed E-state index contributed by atoms with van der Waals surface area (Å²) in [6, 6.07) is 4.23. The van der Waals surface area contributed by atoms with Crippen LogP contribution >= 0.6 is 0 Å². The number of anilines is 1. The summed E-state index contributed by atoms with van der Waals surface area (Å²) >= 11 is 0. The van der Waals surface area contributed by atoms with Gasteiger partial charge in [0.1, 0.15) is 17.1 Å². The van der Waals surface area contributed by atoms with Crippen molar-refractivity contribution in [3.05, 3.63) is 53.5 Å². The van der Waals surface area contributed by atoms with Gasteiger partial charge in [-0.25, -0.2) is 14.4 Å². The molecule has 1 amide bonds. The molecule has 1 aromatic rings. The third-order valence-corrected chi connectivity index (χ3v) is 3.86. The molecule has 0 bridgehead atoms. The molecule has 150 valence electrons. The SMILES string of the molecule is CN/C=C(\N=CCC(=O)Nc1ccc(F)c([C@]2(C)C=C(C)OC(N)=N2)c1)OC. The van der Waals surface area contributed by atoms with Gasteiger partial charge in [-0.1, -0.05) is 0 Å². The monoisotopic (exact) mass is 389 g/mol. The van der Waals surface area contributed by atoms with Crippen LogP contribution in [0.25, 0.3) is 0 Å². The van der Waals surface area contributed by atoms with Gasteiger partial charge in [0.2, 0.25) is 11.8 Å². The number of rotatable bonds is 7. The zero-order valence-corrected chi connectivity index (χ0v) is 16.2. The molecule has 0 unspecified atom stereocenters. The Kier molecular flexibility index (Phi) is 6.75. The zero-order chi connectivity index (χ0) is 20.7. The summed E-state index contributed by atoms with van der Waals surface area (Å²) in [5.74, 6) is 0.0765. The van der Waals surface area contributed by atoms with Gasteiger partial charge in [0.05, 0.1) is 19.7 Å². The second-order valence-electron chi connectivity index (χ2n) is 6.19. The molecule has 1 atom stereocenters. The lowest BCUT2D eigenvalue weighted by Crippen LogP contribution is -2.30. The maximum absolute atomic E-state index is 14.5. The molecule has 8 nitrogen and oxygen atoms in total. The number of methoxy groups -OCH3 is 1. The highest BCUT2D eigenvalue weighted by atomic mass is 19.1. The first kappa shape index (κ1) is 20.9. The largest absolute Gasteiger partial charge is 0.480 e. The molecule has 1 heterocycles. The fourth-order valence-corrected chi connectivity index (χ4v) is 2.71. The van der Waals surface area contributed by atoms with Crippen molar-refractivity contribution in [3.63, 3.8) is 0 Å². The van der Waals surface area contributed by atoms with Crippen LogP contribution in [0.2, 0.25) is 0 Å². The number of allylic oxidation sites excluding steroid dienone is 1. The quantitative estimate of drug-likeness (QED) is 0.490. The van der Waals surface area contributed by atoms with Gasteiger partial charge in [-0.05, 0) is 38.1 Å². The lowest BCUT2D eigenvalue weighted by Gasteiger charge is -2.27. The zero-order valence-electron chi connectivity index (χ0n) is 16.2. The van der Waals surface area contributed by atoms with Gasteiger partial charge in [-0.3, -0.25) is 4.79 Å². The van der Waals surface area contributed by atoms with Gasteiger partial charge in [0.15, 0.2) is 0 Å². The Morgan fingerprint density at radius 1 is 1.50 bits per heavy atom. The average molecular weight is 389 g/mol. The van der Waals surface area contributed by atoms with E-state index in [0.717, 1.165) is 0 Å². The van der Waals surface area contributed by atoms with E-state index in [0.29, 0.717) is 17.3 Å². The molecule has 0 saturated heterocycles. The summed E-state index contributed by atoms with van der Waals surface area (Å²) in [6.07, 6.45) is 4.66. The van der Waals surface area contributed by atoms with Crippen LogP contribution in [-0.2, 0) is 19.8 Å². The van der Waals surface area contributed by atoms with E-state index in [1.807, 2.05) is 0 Å². The average Bonchev–Trinajstić information content (AvgIpc) is 2.61. The number of nitrogens with two attached hydrogens (primary N) is 1. The molecular weight excluding hydrogens is 365 g/mol. The Hall–Kier alpha value is -3.36. The van der Waals surface area contributed by atoms with Crippen LogP contribution in [-0.4, -0.2) is 32.3 Å². The number of carbonyl (C=O) groups is 1. The Balaban J connectivity index is 2.15. The summed E-state index contributed by atoms with van der Waals surface area (Å²) in [5, 5.41) is 5.49. The van der Waals surface area contributed by atoms with Crippen molar-refractivity contribution in [2.24, 2.45) is 15.7 Å². The maximum Gasteiger partial charge on any atom is 0.288 e. The van der Waals surface area contributed by atoms with Gasteiger partial charge in [0.25, 0.3) is 6.02 Å². The third kappa shape index (κ3) is 5.32. The van der Waals surface area contributed by atoms with Gasteiger partial charge in [-0.15, -0.1) is 0 Å². The molecule has 1 aliphatic heterocycles. The van der Waals surface area contributed by atoms with E-state index in [4.69, 9.17) is 15.2 Å². The first-order valence-electron chi connectivity index (χ1n) is 8.54. The fourth-order valence-electron chi connectivity index (χ4n) is 2.71. The minimum Gasteiger partial charge on any atom is -0.480 e. The Bertz CT molecular complexity index is 843. The number of amides is 1. The van der Waals surface area contributed by atoms with Crippen LogP contribution in [0, 0.1) is 5.82 Å². The van der Waals surface area contributed by atoms with E-state index in [1.54, 1.807) is 33.2 Å². The van der Waals surface area contributed by atoms with Crippen LogP contribution in [0.15, 0.2) is 52.1 Å². The van der Waals surface area contributed by atoms with Crippen molar-refractivity contribution in [3.8, 4) is 0 Å². The van der Waals surface area contributed by atoms with Crippen LogP contribution in [0.4, 0.5) is 10.1 Å². The van der Waals surface area contributed by atoms with Crippen molar-refractivity contribution in [2.45, 2.75) is 25.8 Å². The summed E-state index contributed by atoms with van der Waals surface area (Å²) in [5.41, 5.74) is 5.34. The second-order valence-corrected chi connectivity index (χ2v) is 6.19. The number of nitrogens with zero attached hydrogens (tertiary/aromatic N) is 2. The standard InChI is InChI=1S/C19H24FN5O3/c1-12-10-19(2,25-18(21)28-12)14-9-13(5-6-15(14)20)24-16(26)7-8-23-17(27-4)11-22-3/h5-6,8-11,22H,7H2,1-4H3,(H2,21,25)(H,24,26)/b17-11+,23-8?/t19-/m0/s1. The van der Waals surface area contributed by atoms with E-state index in [9.17, 15) is 9.18 Å². The van der Waals surface area contributed by atoms with Crippen molar-refractivity contribution < 1.29 is 18.7 Å². The molecule has 2 rings (SSSR count). The number of aliphatic imine (C=N–C) groups is 2. The normalized spacial score (nSPS) is 19.5. The van der Waals surface area contributed by atoms with Crippen LogP contribution in [0.5, 0.6) is 0 Å². The molecule has 4 N–H and O–H groups in total. The molecule has 0 aromatic heterocycles. The molecule has 28 heavy (non-hydrogen) atoms. The lowest BCUT2D eigenvalue weighted by atomic mass is 9.90. The van der Waals surface area contributed by atoms with Crippen LogP contribution in [0.1, 0.15) is 25.8 Å². The van der Waals surface area contributed by atoms with Crippen LogP contribution < -0.4 is 16.4 Å². The minimum atomic E-state index is -1.04. The number of hydrogen-bond acceptors (Lipinski definition) is 7. The predicted molar refractivity (Wildman–Crippen MR) is 106 cm³/mol. The number of nitrogens with one attached hydrogen (secondary N) is 2. The van der Waals surface area contributed by atoms with Crippen molar-refractivity contribution in [1.29, 1.82) is 0 Å². The first-order chi connectivity index (χ1) is 13.3. The van der Waals surface area contributed by atoms with Crippen molar-refractivity contribution in [1.82, 2.24) is 5.32 Å². The number of hydrogen-bond donors (Lipinski definition) is 3. The van der Waals surface area contributed by atoms with E-state index in [1.165, 1.54) is 31.5 Å². The number of amidine groups is 1. The van der Waals surface area contributed by atoms with E-state index in [2.05, 4.69) is 20.6 Å². The lowest BCUT2D eigenvalue weighted by molar-refractivity contribution is -0.115. The Labute approximate surface area is 163 Å². The Morgan fingerprint density at radius 3 is 2.89 bits per heavy atom. The number of ether oxygens (including phenoxy) is 2. The predicted octanol–water partition coefficient (Wildman–Crippen LogP) is 2.35. The Morgan fingerprint density at radius 2 is 2.25 bits per heavy atom. The summed E-state index contributed by atoms with van der Waals surface area (Å²) in [7, 11) is 3.18. The molecule has 0 radical (unpaired) electrons. The number of benzene rings is 1. The van der Waals surface area contributed by atoms with E-state index < -0.39 is 11.4 Å². The highest BCUT2D eigenvalue weighted by Crippen LogP contribution is 2.34. The van der Waals surface area contributed by atoms with Crippen molar-refractivity contribution >= 4 is 23.8 Å². The van der Waals surface area contributed by atoms with Gasteiger partial charge >= 0.3 is 0 Å². The fraction of sp³-hybridized carbons (Fsp3) is 0.316. The molecule has 9 heteroatoms. The number of halogens is 1. The van der Waals surface area contributed by atoms with E-state index >= 15 is 0 Å². The summed E-state index contributed by atoms with van der Waals surface area (Å²) in [6.45, 7) is 3.42. The molecule has 1 aliphatic rings. The topological polar surface area (TPSA) is 110 Å². The number of carbonyl (C=O) groups excluding carboxylic acids is 1. The molecule has 0 spiro atoms. The molecule has 0 fully saturated rings. The molecule has 0 aliphatic carbocycles. The highest BCUT2D eigenvalue weighted by molar-refractivity contribution is 5.99. The molecular formula is C19H24FN5O3. The molecule has 1 aromatic carbocycles. The van der Waals surface area contributed by atoms with Gasteiger partial charge in [-0.2, -0.15) is 0 Å². The van der Waals surface area contributed by atoms with Gasteiger partial charge in [0, 0.05) is 24.5 Å². The van der Waals surface area contributed by atoms with Crippen molar-refractivity contribution in [2.75, 3.05) is 19.5 Å². The van der Waals surface area contributed by atoms with Crippen LogP contribution in [0.3, 0.4) is 0 Å². The first-order valence-corrected chi connectivity index (χ1v) is 8.54. The minimum absolute atomic E-state index is 0.0202. The highest BCUT2D eigenvalue weighted by Gasteiger charge is 2.31. The third-order valence-electron chi connectivity index (χ3n) is 3.86. The molecule has 0 saturated carbocycles. The summed E-state index contributed by atoms with van der Waals surface area (Å²) in [4.78, 5) is 20.4. The smallest absolute Gasteiger partial charge is 0.288 e. The summed E-state index contributed by atoms with van der Waals surface area (Å²) < 4.78 is 24.6. The van der Waals surface area contributed by atoms with Gasteiger partial charge < -0.3 is 25.8 Å².